The van der Waals surface area contributed by atoms with E-state index in [4.69, 9.17) is 4.74 Å². The molecule has 2 heterocycles. The zero-order valence-corrected chi connectivity index (χ0v) is 14.9. The molecule has 0 spiro atoms. The molecule has 2 aliphatic heterocycles. The molecule has 2 amide bonds. The Morgan fingerprint density at radius 3 is 2.56 bits per heavy atom. The predicted molar refractivity (Wildman–Crippen MR) is 92.2 cm³/mol. The Kier molecular flexibility index (Phi) is 4.40. The summed E-state index contributed by atoms with van der Waals surface area (Å²) in [5.41, 5.74) is 0. The predicted octanol–water partition coefficient (Wildman–Crippen LogP) is 1.09. The van der Waals surface area contributed by atoms with Gasteiger partial charge in [-0.1, -0.05) is 18.2 Å². The van der Waals surface area contributed by atoms with Crippen LogP contribution in [-0.4, -0.2) is 56.1 Å². The highest BCUT2D eigenvalue weighted by Gasteiger charge is 2.64. The summed E-state index contributed by atoms with van der Waals surface area (Å²) >= 11 is 1.39. The lowest BCUT2D eigenvalue weighted by Crippen LogP contribution is -2.71. The minimum Gasteiger partial charge on any atom is -0.481 e. The second-order valence-electron chi connectivity index (χ2n) is 6.66. The number of hydrogen-bond acceptors (Lipinski definition) is 5. The highest BCUT2D eigenvalue weighted by atomic mass is 32.2. The average molecular weight is 364 g/mol. The van der Waals surface area contributed by atoms with Gasteiger partial charge in [-0.2, -0.15) is 0 Å². The summed E-state index contributed by atoms with van der Waals surface area (Å²) in [4.78, 5) is 37.5. The lowest BCUT2D eigenvalue weighted by molar-refractivity contribution is -0.161. The number of para-hydroxylation sites is 1. The first-order valence-electron chi connectivity index (χ1n) is 7.97. The molecular weight excluding hydrogens is 344 g/mol. The maximum atomic E-state index is 12.4. The van der Waals surface area contributed by atoms with Crippen LogP contribution >= 0.6 is 11.8 Å². The summed E-state index contributed by atoms with van der Waals surface area (Å²) in [6.45, 7) is 5.19. The molecule has 3 rings (SSSR count). The lowest BCUT2D eigenvalue weighted by Gasteiger charge is -2.43. The Morgan fingerprint density at radius 1 is 1.32 bits per heavy atom. The van der Waals surface area contributed by atoms with Crippen molar-refractivity contribution in [1.82, 2.24) is 10.2 Å². The number of carbonyl (C=O) groups is 3. The van der Waals surface area contributed by atoms with Gasteiger partial charge in [0.05, 0.1) is 0 Å². The molecule has 2 N–H and O–H groups in total. The van der Waals surface area contributed by atoms with Gasteiger partial charge in [-0.05, 0) is 32.9 Å². The Bertz CT molecular complexity index is 708. The maximum absolute atomic E-state index is 12.4. The van der Waals surface area contributed by atoms with Crippen molar-refractivity contribution in [3.63, 3.8) is 0 Å². The number of nitrogens with one attached hydrogen (secondary N) is 1. The summed E-state index contributed by atoms with van der Waals surface area (Å²) in [5, 5.41) is 11.7. The van der Waals surface area contributed by atoms with E-state index < -0.39 is 34.8 Å². The van der Waals surface area contributed by atoms with Gasteiger partial charge in [0.2, 0.25) is 5.91 Å². The zero-order chi connectivity index (χ0) is 18.4. The molecule has 2 fully saturated rings. The smallest absolute Gasteiger partial charge is 0.327 e. The van der Waals surface area contributed by atoms with Crippen molar-refractivity contribution in [2.24, 2.45) is 0 Å². The van der Waals surface area contributed by atoms with Crippen LogP contribution in [0.3, 0.4) is 0 Å². The van der Waals surface area contributed by atoms with Gasteiger partial charge < -0.3 is 20.1 Å². The number of rotatable bonds is 5. The van der Waals surface area contributed by atoms with E-state index in [9.17, 15) is 19.5 Å². The van der Waals surface area contributed by atoms with Crippen molar-refractivity contribution in [1.29, 1.82) is 0 Å². The summed E-state index contributed by atoms with van der Waals surface area (Å²) in [5.74, 6) is -1.23. The third-order valence-corrected chi connectivity index (χ3v) is 5.97. The Labute approximate surface area is 149 Å². The number of hydrogen-bond donors (Lipinski definition) is 2. The van der Waals surface area contributed by atoms with Crippen LogP contribution in [0.15, 0.2) is 30.3 Å². The molecular formula is C17H20N2O5S. The van der Waals surface area contributed by atoms with E-state index in [1.807, 2.05) is 6.07 Å². The molecule has 0 aliphatic carbocycles. The molecule has 7 nitrogen and oxygen atoms in total. The topological polar surface area (TPSA) is 95.9 Å². The first kappa shape index (κ1) is 17.6. The number of carboxylic acids is 1. The Balaban J connectivity index is 1.64. The first-order chi connectivity index (χ1) is 11.7. The molecule has 2 saturated heterocycles. The molecule has 1 aromatic carbocycles. The summed E-state index contributed by atoms with van der Waals surface area (Å²) in [6.07, 6.45) is -0.765. The second kappa shape index (κ2) is 6.25. The van der Waals surface area contributed by atoms with Crippen LogP contribution in [0.1, 0.15) is 20.8 Å². The standard InChI is InChI=1S/C17H20N2O5S/c1-9(24-10-7-5-4-6-8-10)13(20)18-11-14(21)19-12(16(22)23)17(2,3)25-15(11)19/h4-9,11-12,15H,1-3H3,(H,18,20)(H,22,23)/t9-,11-,12+,15-/m1/s1. The van der Waals surface area contributed by atoms with Gasteiger partial charge in [0.1, 0.15) is 23.2 Å². The Hall–Kier alpha value is -2.22. The highest BCUT2D eigenvalue weighted by Crippen LogP contribution is 2.50. The maximum Gasteiger partial charge on any atom is 0.327 e. The minimum absolute atomic E-state index is 0.364. The Morgan fingerprint density at radius 2 is 1.96 bits per heavy atom. The second-order valence-corrected chi connectivity index (χ2v) is 8.43. The average Bonchev–Trinajstić information content (AvgIpc) is 2.81. The van der Waals surface area contributed by atoms with Crippen molar-refractivity contribution in [2.45, 2.75) is 49.1 Å². The normalized spacial score (nSPS) is 27.9. The van der Waals surface area contributed by atoms with Crippen LogP contribution in [0.25, 0.3) is 0 Å². The summed E-state index contributed by atoms with van der Waals surface area (Å²) in [7, 11) is 0. The lowest BCUT2D eigenvalue weighted by atomic mass is 9.96. The molecule has 4 atom stereocenters. The minimum atomic E-state index is -1.03. The zero-order valence-electron chi connectivity index (χ0n) is 14.1. The number of carbonyl (C=O) groups excluding carboxylic acids is 2. The largest absolute Gasteiger partial charge is 0.481 e. The highest BCUT2D eigenvalue weighted by molar-refractivity contribution is 8.01. The number of fused-ring (bicyclic) bond motifs is 1. The fraction of sp³-hybridized carbons (Fsp3) is 0.471. The number of carboxylic acid groups (broad SMARTS) is 1. The number of aliphatic carboxylic acids is 1. The van der Waals surface area contributed by atoms with E-state index in [1.54, 1.807) is 45.0 Å². The third-order valence-electron chi connectivity index (χ3n) is 4.40. The molecule has 0 saturated carbocycles. The van der Waals surface area contributed by atoms with E-state index in [0.29, 0.717) is 5.75 Å². The van der Waals surface area contributed by atoms with Crippen molar-refractivity contribution >= 4 is 29.5 Å². The quantitative estimate of drug-likeness (QED) is 0.759. The molecule has 8 heteroatoms. The van der Waals surface area contributed by atoms with Crippen LogP contribution in [0.4, 0.5) is 0 Å². The number of ether oxygens (including phenoxy) is 1. The summed E-state index contributed by atoms with van der Waals surface area (Å²) < 4.78 is 4.94. The number of amides is 2. The van der Waals surface area contributed by atoms with Crippen molar-refractivity contribution in [2.75, 3.05) is 0 Å². The monoisotopic (exact) mass is 364 g/mol. The van der Waals surface area contributed by atoms with Gasteiger partial charge in [-0.25, -0.2) is 4.79 Å². The first-order valence-corrected chi connectivity index (χ1v) is 8.85. The molecule has 0 unspecified atom stereocenters. The van der Waals surface area contributed by atoms with Gasteiger partial charge in [-0.3, -0.25) is 9.59 Å². The number of nitrogens with zero attached hydrogens (tertiary/aromatic N) is 1. The van der Waals surface area contributed by atoms with Crippen LogP contribution < -0.4 is 10.1 Å². The van der Waals surface area contributed by atoms with Crippen molar-refractivity contribution in [3.8, 4) is 5.75 Å². The summed E-state index contributed by atoms with van der Waals surface area (Å²) in [6, 6.07) is 7.33. The molecule has 134 valence electrons. The van der Waals surface area contributed by atoms with E-state index >= 15 is 0 Å². The molecule has 25 heavy (non-hydrogen) atoms. The molecule has 0 aromatic heterocycles. The van der Waals surface area contributed by atoms with Crippen LogP contribution in [0.5, 0.6) is 5.75 Å². The van der Waals surface area contributed by atoms with Gasteiger partial charge in [0, 0.05) is 4.75 Å². The van der Waals surface area contributed by atoms with Gasteiger partial charge in [0.15, 0.2) is 6.10 Å². The fourth-order valence-corrected chi connectivity index (χ4v) is 4.80. The van der Waals surface area contributed by atoms with Crippen LogP contribution in [-0.2, 0) is 14.4 Å². The van der Waals surface area contributed by atoms with E-state index in [2.05, 4.69) is 5.32 Å². The molecule has 0 radical (unpaired) electrons. The SMILES string of the molecule is C[C@@H](Oc1ccccc1)C(=O)N[C@@H]1C(=O)N2[C@@H]1SC(C)(C)[C@@H]2C(=O)O. The molecule has 0 bridgehead atoms. The third kappa shape index (κ3) is 3.06. The molecule has 1 aromatic rings. The number of thioether (sulfide) groups is 1. The number of benzene rings is 1. The van der Waals surface area contributed by atoms with Crippen molar-refractivity contribution < 1.29 is 24.2 Å². The fourth-order valence-electron chi connectivity index (χ4n) is 3.17. The molecule has 2 aliphatic rings. The van der Waals surface area contributed by atoms with Gasteiger partial charge >= 0.3 is 5.97 Å². The van der Waals surface area contributed by atoms with Crippen LogP contribution in [0.2, 0.25) is 0 Å². The van der Waals surface area contributed by atoms with Gasteiger partial charge in [0.25, 0.3) is 5.91 Å². The number of β-lactam (4-membered cyclic amide) rings is 1. The van der Waals surface area contributed by atoms with E-state index in [0.717, 1.165) is 0 Å². The van der Waals surface area contributed by atoms with E-state index in [1.165, 1.54) is 16.7 Å². The van der Waals surface area contributed by atoms with Crippen LogP contribution in [0, 0.1) is 0 Å². The van der Waals surface area contributed by atoms with Gasteiger partial charge in [-0.15, -0.1) is 11.8 Å². The van der Waals surface area contributed by atoms with E-state index in [-0.39, 0.29) is 11.3 Å². The van der Waals surface area contributed by atoms with Crippen molar-refractivity contribution in [3.05, 3.63) is 30.3 Å².